The first-order chi connectivity index (χ1) is 12.5. The molecule has 6 heteroatoms. The topological polar surface area (TPSA) is 85.9 Å². The maximum Gasteiger partial charge on any atom is 0.238 e. The molecule has 1 aliphatic rings. The molecule has 0 atom stereocenters. The molecule has 0 unspecified atom stereocenters. The van der Waals surface area contributed by atoms with Crippen LogP contribution in [0, 0.1) is 0 Å². The van der Waals surface area contributed by atoms with E-state index in [2.05, 4.69) is 11.1 Å². The van der Waals surface area contributed by atoms with E-state index in [-0.39, 0.29) is 4.90 Å². The molecule has 4 rings (SSSR count). The number of nitrogens with two attached hydrogens (primary N) is 1. The van der Waals surface area contributed by atoms with Crippen molar-refractivity contribution >= 4 is 26.6 Å². The van der Waals surface area contributed by atoms with Crippen molar-refractivity contribution in [3.63, 3.8) is 0 Å². The smallest absolute Gasteiger partial charge is 0.238 e. The summed E-state index contributed by atoms with van der Waals surface area (Å²) in [5.41, 5.74) is 5.52. The third-order valence-electron chi connectivity index (χ3n) is 4.68. The van der Waals surface area contributed by atoms with Crippen LogP contribution in [0.1, 0.15) is 31.2 Å². The Bertz CT molecular complexity index is 1120. The zero-order valence-electron chi connectivity index (χ0n) is 14.2. The molecule has 0 fully saturated rings. The van der Waals surface area contributed by atoms with Gasteiger partial charge in [0, 0.05) is 17.3 Å². The minimum atomic E-state index is -3.75. The molecule has 0 radical (unpaired) electrons. The lowest BCUT2D eigenvalue weighted by Gasteiger charge is -2.14. The summed E-state index contributed by atoms with van der Waals surface area (Å²) in [6.07, 6.45) is 8.66. The molecule has 1 aliphatic carbocycles. The highest BCUT2D eigenvalue weighted by molar-refractivity contribution is 7.89. The van der Waals surface area contributed by atoms with Crippen molar-refractivity contribution in [2.24, 2.45) is 5.14 Å². The number of allylic oxidation sites excluding steroid dienone is 2. The summed E-state index contributed by atoms with van der Waals surface area (Å²) in [5, 5.41) is 5.25. The monoisotopic (exact) mass is 365 g/mol. The van der Waals surface area contributed by atoms with Gasteiger partial charge in [-0.25, -0.2) is 18.5 Å². The summed E-state index contributed by atoms with van der Waals surface area (Å²) in [4.78, 5) is 9.31. The number of fused-ring (bicyclic) bond motifs is 1. The Balaban J connectivity index is 1.87. The van der Waals surface area contributed by atoms with Gasteiger partial charge in [-0.2, -0.15) is 0 Å². The molecule has 132 valence electrons. The molecule has 3 aromatic rings. The predicted octanol–water partition coefficient (Wildman–Crippen LogP) is 3.90. The van der Waals surface area contributed by atoms with E-state index in [1.807, 2.05) is 30.5 Å². The molecule has 0 aliphatic heterocycles. The lowest BCUT2D eigenvalue weighted by Crippen LogP contribution is -2.11. The Morgan fingerprint density at radius 1 is 1.04 bits per heavy atom. The molecule has 26 heavy (non-hydrogen) atoms. The van der Waals surface area contributed by atoms with Crippen LogP contribution in [0.2, 0.25) is 0 Å². The molecule has 2 aromatic heterocycles. The molecule has 2 N–H and O–H groups in total. The molecule has 0 saturated carbocycles. The lowest BCUT2D eigenvalue weighted by atomic mass is 9.93. The predicted molar refractivity (Wildman–Crippen MR) is 103 cm³/mol. The van der Waals surface area contributed by atoms with Gasteiger partial charge in [0.2, 0.25) is 10.0 Å². The Morgan fingerprint density at radius 2 is 1.92 bits per heavy atom. The number of hydrogen-bond acceptors (Lipinski definition) is 4. The fourth-order valence-electron chi connectivity index (χ4n) is 3.36. The second-order valence-corrected chi connectivity index (χ2v) is 8.03. The first-order valence-electron chi connectivity index (χ1n) is 8.61. The molecule has 5 nitrogen and oxygen atoms in total. The summed E-state index contributed by atoms with van der Waals surface area (Å²) in [6.45, 7) is 0. The lowest BCUT2D eigenvalue weighted by molar-refractivity contribution is 0.598. The molecule has 0 saturated heterocycles. The molecular weight excluding hydrogens is 346 g/mol. The van der Waals surface area contributed by atoms with Crippen LogP contribution >= 0.6 is 0 Å². The van der Waals surface area contributed by atoms with Gasteiger partial charge in [0.25, 0.3) is 0 Å². The van der Waals surface area contributed by atoms with Crippen molar-refractivity contribution in [3.8, 4) is 11.3 Å². The number of pyridine rings is 2. The molecule has 2 heterocycles. The maximum atomic E-state index is 11.6. The number of sulfonamides is 1. The van der Waals surface area contributed by atoms with Gasteiger partial charge in [-0.05, 0) is 61.6 Å². The van der Waals surface area contributed by atoms with Crippen LogP contribution in [0.25, 0.3) is 27.9 Å². The molecule has 0 amide bonds. The average Bonchev–Trinajstić information content (AvgIpc) is 2.67. The van der Waals surface area contributed by atoms with Crippen molar-refractivity contribution in [2.75, 3.05) is 0 Å². The van der Waals surface area contributed by atoms with Gasteiger partial charge in [-0.15, -0.1) is 0 Å². The zero-order chi connectivity index (χ0) is 18.1. The van der Waals surface area contributed by atoms with Crippen LogP contribution in [-0.2, 0) is 10.0 Å². The SMILES string of the molecule is NS(=O)(=O)c1cccc(-c2ccc3nccc(C4=CCCCC4)c3n2)c1. The Morgan fingerprint density at radius 3 is 2.69 bits per heavy atom. The minimum Gasteiger partial charge on any atom is -0.255 e. The number of hydrogen-bond donors (Lipinski definition) is 1. The largest absolute Gasteiger partial charge is 0.255 e. The van der Waals surface area contributed by atoms with Gasteiger partial charge >= 0.3 is 0 Å². The van der Waals surface area contributed by atoms with Crippen LogP contribution in [0.3, 0.4) is 0 Å². The summed E-state index contributed by atoms with van der Waals surface area (Å²) >= 11 is 0. The van der Waals surface area contributed by atoms with Crippen LogP contribution in [0.5, 0.6) is 0 Å². The van der Waals surface area contributed by atoms with Crippen molar-refractivity contribution in [1.29, 1.82) is 0 Å². The normalized spacial score (nSPS) is 15.0. The quantitative estimate of drug-likeness (QED) is 0.762. The highest BCUT2D eigenvalue weighted by Gasteiger charge is 2.14. The second-order valence-electron chi connectivity index (χ2n) is 6.47. The van der Waals surface area contributed by atoms with E-state index < -0.39 is 10.0 Å². The minimum absolute atomic E-state index is 0.0818. The summed E-state index contributed by atoms with van der Waals surface area (Å²) in [7, 11) is -3.75. The highest BCUT2D eigenvalue weighted by Crippen LogP contribution is 2.31. The Hall–Kier alpha value is -2.57. The number of rotatable bonds is 3. The molecule has 0 bridgehead atoms. The third-order valence-corrected chi connectivity index (χ3v) is 5.59. The van der Waals surface area contributed by atoms with Crippen LogP contribution in [-0.4, -0.2) is 18.4 Å². The van der Waals surface area contributed by atoms with Gasteiger partial charge in [0.15, 0.2) is 0 Å². The molecule has 0 spiro atoms. The fraction of sp³-hybridized carbons (Fsp3) is 0.200. The van der Waals surface area contributed by atoms with Crippen molar-refractivity contribution in [2.45, 2.75) is 30.6 Å². The Labute approximate surface area is 152 Å². The van der Waals surface area contributed by atoms with Gasteiger partial charge in [0.05, 0.1) is 21.6 Å². The summed E-state index contributed by atoms with van der Waals surface area (Å²) < 4.78 is 23.3. The number of primary sulfonamides is 1. The van der Waals surface area contributed by atoms with Crippen molar-refractivity contribution in [3.05, 3.63) is 60.3 Å². The Kier molecular flexibility index (Phi) is 4.30. The molecule has 1 aromatic carbocycles. The second kappa shape index (κ2) is 6.63. The summed E-state index contributed by atoms with van der Waals surface area (Å²) in [5.74, 6) is 0. The van der Waals surface area contributed by atoms with E-state index in [1.165, 1.54) is 24.5 Å². The van der Waals surface area contributed by atoms with E-state index in [4.69, 9.17) is 10.1 Å². The third kappa shape index (κ3) is 3.25. The van der Waals surface area contributed by atoms with Crippen LogP contribution < -0.4 is 5.14 Å². The van der Waals surface area contributed by atoms with Crippen molar-refractivity contribution in [1.82, 2.24) is 9.97 Å². The van der Waals surface area contributed by atoms with E-state index >= 15 is 0 Å². The first kappa shape index (κ1) is 16.9. The van der Waals surface area contributed by atoms with E-state index in [0.717, 1.165) is 29.4 Å². The van der Waals surface area contributed by atoms with Gasteiger partial charge in [-0.3, -0.25) is 4.98 Å². The van der Waals surface area contributed by atoms with Crippen LogP contribution in [0.15, 0.2) is 59.6 Å². The van der Waals surface area contributed by atoms with Gasteiger partial charge in [0.1, 0.15) is 0 Å². The zero-order valence-corrected chi connectivity index (χ0v) is 15.0. The first-order valence-corrected chi connectivity index (χ1v) is 10.2. The number of aromatic nitrogens is 2. The van der Waals surface area contributed by atoms with E-state index in [1.54, 1.807) is 12.1 Å². The van der Waals surface area contributed by atoms with Gasteiger partial charge < -0.3 is 0 Å². The number of nitrogens with zero attached hydrogens (tertiary/aromatic N) is 2. The molecular formula is C20H19N3O2S. The van der Waals surface area contributed by atoms with Crippen LogP contribution in [0.4, 0.5) is 0 Å². The number of benzene rings is 1. The fourth-order valence-corrected chi connectivity index (χ4v) is 3.92. The highest BCUT2D eigenvalue weighted by atomic mass is 32.2. The standard InChI is InChI=1S/C20H19N3O2S/c21-26(24,25)16-8-4-7-15(13-16)18-9-10-19-20(23-18)17(11-12-22-19)14-5-2-1-3-6-14/h4-5,7-13H,1-3,6H2,(H2,21,24,25). The van der Waals surface area contributed by atoms with E-state index in [0.29, 0.717) is 11.3 Å². The summed E-state index contributed by atoms with van der Waals surface area (Å²) in [6, 6.07) is 12.3. The maximum absolute atomic E-state index is 11.6. The van der Waals surface area contributed by atoms with E-state index in [9.17, 15) is 8.42 Å². The average molecular weight is 365 g/mol. The van der Waals surface area contributed by atoms with Gasteiger partial charge in [-0.1, -0.05) is 18.2 Å². The van der Waals surface area contributed by atoms with Crippen molar-refractivity contribution < 1.29 is 8.42 Å².